The Hall–Kier alpha value is -2.73. The number of aryl methyl sites for hydroxylation is 1. The number of nitrogens with zero attached hydrogens (tertiary/aromatic N) is 2. The number of carbonyl (C=O) groups is 2. The molecule has 0 spiro atoms. The summed E-state index contributed by atoms with van der Waals surface area (Å²) in [5.74, 6) is -0.130. The minimum atomic E-state index is -0.735. The van der Waals surface area contributed by atoms with Crippen molar-refractivity contribution in [3.8, 4) is 0 Å². The minimum absolute atomic E-state index is 0.0822. The number of hydrogen-bond donors (Lipinski definition) is 1. The van der Waals surface area contributed by atoms with E-state index in [1.807, 2.05) is 43.3 Å². The van der Waals surface area contributed by atoms with E-state index in [1.54, 1.807) is 19.3 Å². The summed E-state index contributed by atoms with van der Waals surface area (Å²) in [7, 11) is 3.04. The first kappa shape index (κ1) is 17.6. The van der Waals surface area contributed by atoms with Crippen molar-refractivity contribution in [2.75, 3.05) is 26.0 Å². The molecule has 1 aromatic heterocycles. The molecule has 1 N–H and O–H groups in total. The van der Waals surface area contributed by atoms with Crippen molar-refractivity contribution >= 4 is 17.6 Å². The van der Waals surface area contributed by atoms with Crippen LogP contribution >= 0.6 is 0 Å². The highest BCUT2D eigenvalue weighted by Gasteiger charge is 2.24. The zero-order chi connectivity index (χ0) is 17.5. The van der Waals surface area contributed by atoms with Crippen LogP contribution in [0.25, 0.3) is 0 Å². The van der Waals surface area contributed by atoms with Gasteiger partial charge in [0.1, 0.15) is 5.82 Å². The van der Waals surface area contributed by atoms with Crippen LogP contribution in [0.15, 0.2) is 48.7 Å². The number of benzene rings is 1. The second-order valence-corrected chi connectivity index (χ2v) is 5.49. The Bertz CT molecular complexity index is 704. The molecule has 1 heterocycles. The van der Waals surface area contributed by atoms with Crippen molar-refractivity contribution in [2.45, 2.75) is 13.0 Å². The van der Waals surface area contributed by atoms with Gasteiger partial charge in [-0.2, -0.15) is 0 Å². The maximum absolute atomic E-state index is 12.5. The summed E-state index contributed by atoms with van der Waals surface area (Å²) in [4.78, 5) is 30.0. The lowest BCUT2D eigenvalue weighted by Gasteiger charge is -2.22. The van der Waals surface area contributed by atoms with Crippen molar-refractivity contribution in [1.29, 1.82) is 0 Å². The van der Waals surface area contributed by atoms with Crippen molar-refractivity contribution in [2.24, 2.45) is 0 Å². The largest absolute Gasteiger partial charge is 0.367 e. The molecular weight excluding hydrogens is 306 g/mol. The van der Waals surface area contributed by atoms with Gasteiger partial charge in [-0.15, -0.1) is 0 Å². The number of amides is 2. The summed E-state index contributed by atoms with van der Waals surface area (Å²) in [6.07, 6.45) is 0.886. The molecule has 1 atom stereocenters. The highest BCUT2D eigenvalue weighted by Crippen LogP contribution is 2.18. The number of aromatic nitrogens is 1. The number of pyridine rings is 1. The van der Waals surface area contributed by atoms with E-state index in [4.69, 9.17) is 4.74 Å². The van der Waals surface area contributed by atoms with E-state index in [2.05, 4.69) is 10.3 Å². The van der Waals surface area contributed by atoms with E-state index in [1.165, 1.54) is 12.0 Å². The summed E-state index contributed by atoms with van der Waals surface area (Å²) >= 11 is 0. The van der Waals surface area contributed by atoms with E-state index in [0.717, 1.165) is 11.1 Å². The molecule has 2 aromatic rings. The Labute approximate surface area is 141 Å². The number of ether oxygens (including phenoxy) is 1. The van der Waals surface area contributed by atoms with Gasteiger partial charge in [0.15, 0.2) is 6.10 Å². The molecule has 0 unspecified atom stereocenters. The van der Waals surface area contributed by atoms with Crippen LogP contribution in [0.2, 0.25) is 0 Å². The molecule has 1 aromatic carbocycles. The van der Waals surface area contributed by atoms with Gasteiger partial charge in [-0.3, -0.25) is 9.59 Å². The fraction of sp³-hybridized carbons (Fsp3) is 0.278. The third kappa shape index (κ3) is 4.63. The lowest BCUT2D eigenvalue weighted by molar-refractivity contribution is -0.143. The fourth-order valence-corrected chi connectivity index (χ4v) is 2.29. The fourth-order valence-electron chi connectivity index (χ4n) is 2.29. The number of carbonyl (C=O) groups excluding carboxylic acids is 2. The molecule has 2 rings (SSSR count). The average molecular weight is 327 g/mol. The summed E-state index contributed by atoms with van der Waals surface area (Å²) in [6, 6.07) is 12.8. The van der Waals surface area contributed by atoms with E-state index in [-0.39, 0.29) is 18.4 Å². The Kier molecular flexibility index (Phi) is 6.03. The van der Waals surface area contributed by atoms with E-state index >= 15 is 0 Å². The van der Waals surface area contributed by atoms with Gasteiger partial charge in [0.05, 0.1) is 6.54 Å². The van der Waals surface area contributed by atoms with Crippen LogP contribution in [0.3, 0.4) is 0 Å². The first-order valence-corrected chi connectivity index (χ1v) is 7.56. The topological polar surface area (TPSA) is 71.5 Å². The predicted octanol–water partition coefficient (Wildman–Crippen LogP) is 2.17. The second-order valence-electron chi connectivity index (χ2n) is 5.49. The molecule has 126 valence electrons. The lowest BCUT2D eigenvalue weighted by Crippen LogP contribution is -2.38. The van der Waals surface area contributed by atoms with Crippen molar-refractivity contribution in [3.63, 3.8) is 0 Å². The van der Waals surface area contributed by atoms with Gasteiger partial charge in [0, 0.05) is 20.4 Å². The van der Waals surface area contributed by atoms with Crippen LogP contribution in [0.1, 0.15) is 17.2 Å². The van der Waals surface area contributed by atoms with E-state index in [0.29, 0.717) is 5.82 Å². The summed E-state index contributed by atoms with van der Waals surface area (Å²) in [5.41, 5.74) is 1.74. The van der Waals surface area contributed by atoms with Gasteiger partial charge in [-0.25, -0.2) is 4.98 Å². The smallest absolute Gasteiger partial charge is 0.256 e. The lowest BCUT2D eigenvalue weighted by atomic mass is 10.1. The summed E-state index contributed by atoms with van der Waals surface area (Å²) < 4.78 is 5.30. The summed E-state index contributed by atoms with van der Waals surface area (Å²) in [5, 5.41) is 2.68. The van der Waals surface area contributed by atoms with Crippen LogP contribution in [0.5, 0.6) is 0 Å². The molecule has 0 aliphatic heterocycles. The Balaban J connectivity index is 1.98. The van der Waals surface area contributed by atoms with Crippen molar-refractivity contribution < 1.29 is 14.3 Å². The molecule has 0 fully saturated rings. The van der Waals surface area contributed by atoms with Crippen LogP contribution in [-0.4, -0.2) is 42.4 Å². The molecule has 2 amide bonds. The molecule has 6 heteroatoms. The molecule has 0 bridgehead atoms. The number of likely N-dealkylation sites (N-methyl/N-ethyl adjacent to an activating group) is 1. The first-order chi connectivity index (χ1) is 11.5. The molecule has 0 saturated carbocycles. The van der Waals surface area contributed by atoms with E-state index < -0.39 is 6.10 Å². The monoisotopic (exact) mass is 327 g/mol. The van der Waals surface area contributed by atoms with Crippen molar-refractivity contribution in [1.82, 2.24) is 9.88 Å². The van der Waals surface area contributed by atoms with Crippen LogP contribution in [0.4, 0.5) is 5.82 Å². The number of rotatable bonds is 6. The maximum atomic E-state index is 12.5. The van der Waals surface area contributed by atoms with Gasteiger partial charge in [-0.05, 0) is 30.2 Å². The highest BCUT2D eigenvalue weighted by molar-refractivity contribution is 5.94. The maximum Gasteiger partial charge on any atom is 0.256 e. The average Bonchev–Trinajstić information content (AvgIpc) is 2.56. The zero-order valence-electron chi connectivity index (χ0n) is 14.0. The van der Waals surface area contributed by atoms with Gasteiger partial charge >= 0.3 is 0 Å². The van der Waals surface area contributed by atoms with Gasteiger partial charge in [-0.1, -0.05) is 30.3 Å². The van der Waals surface area contributed by atoms with Gasteiger partial charge < -0.3 is 15.0 Å². The predicted molar refractivity (Wildman–Crippen MR) is 91.4 cm³/mol. The van der Waals surface area contributed by atoms with Gasteiger partial charge in [0.2, 0.25) is 5.91 Å². The van der Waals surface area contributed by atoms with Crippen molar-refractivity contribution in [3.05, 3.63) is 59.8 Å². The SMILES string of the molecule is CO[C@H](C(=O)N(C)CC(=O)Nc1cc(C)ccn1)c1ccccc1. The van der Waals surface area contributed by atoms with Crippen LogP contribution in [0, 0.1) is 6.92 Å². The highest BCUT2D eigenvalue weighted by atomic mass is 16.5. The van der Waals surface area contributed by atoms with Gasteiger partial charge in [0.25, 0.3) is 5.91 Å². The number of methoxy groups -OCH3 is 1. The molecule has 0 radical (unpaired) electrons. The molecule has 6 nitrogen and oxygen atoms in total. The van der Waals surface area contributed by atoms with E-state index in [9.17, 15) is 9.59 Å². The minimum Gasteiger partial charge on any atom is -0.367 e. The molecular formula is C18H21N3O3. The quantitative estimate of drug-likeness (QED) is 0.883. The Morgan fingerprint density at radius 3 is 2.58 bits per heavy atom. The third-order valence-corrected chi connectivity index (χ3v) is 3.50. The number of hydrogen-bond acceptors (Lipinski definition) is 4. The molecule has 0 saturated heterocycles. The number of anilines is 1. The molecule has 24 heavy (non-hydrogen) atoms. The van der Waals surface area contributed by atoms with Crippen LogP contribution in [-0.2, 0) is 14.3 Å². The second kappa shape index (κ2) is 8.21. The Morgan fingerprint density at radius 2 is 1.96 bits per heavy atom. The standard InChI is InChI=1S/C18H21N3O3/c1-13-9-10-19-15(11-13)20-16(22)12-21(2)18(23)17(24-3)14-7-5-4-6-8-14/h4-11,17H,12H2,1-3H3,(H,19,20,22)/t17-/m0/s1. The van der Waals surface area contributed by atoms with Crippen LogP contribution < -0.4 is 5.32 Å². The normalized spacial score (nSPS) is 11.6. The third-order valence-electron chi connectivity index (χ3n) is 3.50. The summed E-state index contributed by atoms with van der Waals surface area (Å²) in [6.45, 7) is 1.83. The zero-order valence-corrected chi connectivity index (χ0v) is 14.0. The first-order valence-electron chi connectivity index (χ1n) is 7.56. The number of nitrogens with one attached hydrogen (secondary N) is 1. The molecule has 0 aliphatic carbocycles. The molecule has 0 aliphatic rings. The Morgan fingerprint density at radius 1 is 1.25 bits per heavy atom.